The number of nitrogens with zero attached hydrogens (tertiary/aromatic N) is 2. The first-order valence-corrected chi connectivity index (χ1v) is 6.81. The molecule has 18 heavy (non-hydrogen) atoms. The minimum absolute atomic E-state index is 0.156. The van der Waals surface area contributed by atoms with Gasteiger partial charge in [0.25, 0.3) is 0 Å². The number of aromatic nitrogens is 2. The molecule has 0 amide bonds. The second-order valence-electron chi connectivity index (χ2n) is 5.32. The van der Waals surface area contributed by atoms with E-state index in [4.69, 9.17) is 11.6 Å². The van der Waals surface area contributed by atoms with Crippen molar-refractivity contribution in [3.63, 3.8) is 0 Å². The fraction of sp³-hybridized carbons (Fsp3) is 0.500. The van der Waals surface area contributed by atoms with Gasteiger partial charge in [0.05, 0.1) is 16.4 Å². The maximum atomic E-state index is 13.4. The van der Waals surface area contributed by atoms with Crippen LogP contribution in [0, 0.1) is 11.7 Å². The van der Waals surface area contributed by atoms with E-state index < -0.39 is 0 Å². The van der Waals surface area contributed by atoms with Gasteiger partial charge in [0.1, 0.15) is 11.6 Å². The highest BCUT2D eigenvalue weighted by Gasteiger charge is 2.31. The maximum Gasteiger partial charge on any atom is 0.127 e. The van der Waals surface area contributed by atoms with Crippen LogP contribution in [0.3, 0.4) is 0 Å². The van der Waals surface area contributed by atoms with Crippen molar-refractivity contribution in [2.24, 2.45) is 5.92 Å². The number of fused-ring (bicyclic) bond motifs is 1. The van der Waals surface area contributed by atoms with Crippen molar-refractivity contribution in [3.05, 3.63) is 29.8 Å². The lowest BCUT2D eigenvalue weighted by Gasteiger charge is -2.35. The van der Waals surface area contributed by atoms with Crippen LogP contribution in [0.5, 0.6) is 0 Å². The largest absolute Gasteiger partial charge is 0.324 e. The SMILES string of the molecule is CC1CC(n2c(C(C)Cl)nc3ccc(F)cc32)C1. The van der Waals surface area contributed by atoms with E-state index in [1.165, 1.54) is 6.07 Å². The Bertz CT molecular complexity index is 585. The Hall–Kier alpha value is -1.09. The molecule has 0 aliphatic heterocycles. The molecule has 0 bridgehead atoms. The summed E-state index contributed by atoms with van der Waals surface area (Å²) in [5, 5.41) is -0.156. The van der Waals surface area contributed by atoms with Crippen LogP contribution in [-0.2, 0) is 0 Å². The predicted octanol–water partition coefficient (Wildman–Crippen LogP) is 4.45. The Kier molecular flexibility index (Phi) is 2.81. The van der Waals surface area contributed by atoms with Gasteiger partial charge in [-0.05, 0) is 43.9 Å². The van der Waals surface area contributed by atoms with Gasteiger partial charge in [0, 0.05) is 6.04 Å². The molecule has 1 aromatic heterocycles. The van der Waals surface area contributed by atoms with Crippen molar-refractivity contribution in [2.45, 2.75) is 38.1 Å². The summed E-state index contributed by atoms with van der Waals surface area (Å²) in [6.45, 7) is 4.15. The third kappa shape index (κ3) is 1.81. The standard InChI is InChI=1S/C14H16ClFN2/c1-8-5-11(6-8)18-13-7-10(16)3-4-12(13)17-14(18)9(2)15/h3-4,7-9,11H,5-6H2,1-2H3. The van der Waals surface area contributed by atoms with Gasteiger partial charge in [-0.3, -0.25) is 0 Å². The van der Waals surface area contributed by atoms with Gasteiger partial charge in [-0.2, -0.15) is 0 Å². The molecular formula is C14H16ClFN2. The zero-order valence-electron chi connectivity index (χ0n) is 10.5. The van der Waals surface area contributed by atoms with Crippen LogP contribution < -0.4 is 0 Å². The van der Waals surface area contributed by atoms with E-state index in [1.807, 2.05) is 6.92 Å². The number of rotatable bonds is 2. The fourth-order valence-corrected chi connectivity index (χ4v) is 2.97. The Morgan fingerprint density at radius 2 is 2.17 bits per heavy atom. The second-order valence-corrected chi connectivity index (χ2v) is 5.97. The van der Waals surface area contributed by atoms with Gasteiger partial charge in [-0.25, -0.2) is 9.37 Å². The molecule has 1 aromatic carbocycles. The minimum atomic E-state index is -0.218. The number of benzene rings is 1. The Morgan fingerprint density at radius 1 is 1.44 bits per heavy atom. The van der Waals surface area contributed by atoms with E-state index in [1.54, 1.807) is 12.1 Å². The highest BCUT2D eigenvalue weighted by atomic mass is 35.5. The summed E-state index contributed by atoms with van der Waals surface area (Å²) in [5.41, 5.74) is 1.70. The molecule has 0 saturated heterocycles. The molecule has 0 spiro atoms. The van der Waals surface area contributed by atoms with Gasteiger partial charge >= 0.3 is 0 Å². The molecule has 2 aromatic rings. The van der Waals surface area contributed by atoms with Gasteiger partial charge in [0.2, 0.25) is 0 Å². The molecule has 0 radical (unpaired) electrons. The Labute approximate surface area is 111 Å². The van der Waals surface area contributed by atoms with Crippen molar-refractivity contribution < 1.29 is 4.39 Å². The first-order chi connectivity index (χ1) is 8.56. The van der Waals surface area contributed by atoms with Crippen molar-refractivity contribution in [1.82, 2.24) is 9.55 Å². The van der Waals surface area contributed by atoms with E-state index in [0.717, 1.165) is 35.6 Å². The normalized spacial score (nSPS) is 25.1. The molecule has 2 nitrogen and oxygen atoms in total. The smallest absolute Gasteiger partial charge is 0.127 e. The summed E-state index contributed by atoms with van der Waals surface area (Å²) in [5.74, 6) is 1.37. The number of imidazole rings is 1. The van der Waals surface area contributed by atoms with Crippen molar-refractivity contribution in [3.8, 4) is 0 Å². The summed E-state index contributed by atoms with van der Waals surface area (Å²) in [6, 6.07) is 5.16. The summed E-state index contributed by atoms with van der Waals surface area (Å²) >= 11 is 6.20. The molecule has 1 heterocycles. The van der Waals surface area contributed by atoms with Gasteiger partial charge in [-0.1, -0.05) is 6.92 Å². The predicted molar refractivity (Wildman–Crippen MR) is 71.4 cm³/mol. The molecule has 1 fully saturated rings. The lowest BCUT2D eigenvalue weighted by molar-refractivity contribution is 0.216. The van der Waals surface area contributed by atoms with Crippen LogP contribution in [0.25, 0.3) is 11.0 Å². The van der Waals surface area contributed by atoms with Crippen LogP contribution in [0.4, 0.5) is 4.39 Å². The lowest BCUT2D eigenvalue weighted by atomic mass is 9.81. The third-order valence-corrected chi connectivity index (χ3v) is 3.94. The third-order valence-electron chi connectivity index (χ3n) is 3.75. The molecular weight excluding hydrogens is 251 g/mol. The average molecular weight is 267 g/mol. The molecule has 1 aliphatic carbocycles. The Morgan fingerprint density at radius 3 is 2.78 bits per heavy atom. The summed E-state index contributed by atoms with van der Waals surface area (Å²) < 4.78 is 15.5. The molecule has 1 saturated carbocycles. The fourth-order valence-electron chi connectivity index (χ4n) is 2.82. The van der Waals surface area contributed by atoms with E-state index in [-0.39, 0.29) is 11.2 Å². The van der Waals surface area contributed by atoms with Crippen LogP contribution in [0.2, 0.25) is 0 Å². The van der Waals surface area contributed by atoms with E-state index in [2.05, 4.69) is 16.5 Å². The lowest BCUT2D eigenvalue weighted by Crippen LogP contribution is -2.26. The highest BCUT2D eigenvalue weighted by molar-refractivity contribution is 6.20. The summed E-state index contributed by atoms with van der Waals surface area (Å²) in [4.78, 5) is 4.55. The topological polar surface area (TPSA) is 17.8 Å². The average Bonchev–Trinajstić information content (AvgIpc) is 2.63. The van der Waals surface area contributed by atoms with Gasteiger partial charge in [0.15, 0.2) is 0 Å². The van der Waals surface area contributed by atoms with Crippen LogP contribution in [-0.4, -0.2) is 9.55 Å². The van der Waals surface area contributed by atoms with Crippen molar-refractivity contribution >= 4 is 22.6 Å². The molecule has 1 atom stereocenters. The zero-order valence-corrected chi connectivity index (χ0v) is 11.3. The van der Waals surface area contributed by atoms with Crippen molar-refractivity contribution in [2.75, 3.05) is 0 Å². The maximum absolute atomic E-state index is 13.4. The summed E-state index contributed by atoms with van der Waals surface area (Å²) in [7, 11) is 0. The van der Waals surface area contributed by atoms with Gasteiger partial charge in [-0.15, -0.1) is 11.6 Å². The quantitative estimate of drug-likeness (QED) is 0.735. The van der Waals surface area contributed by atoms with E-state index in [9.17, 15) is 4.39 Å². The first kappa shape index (κ1) is 12.0. The van der Waals surface area contributed by atoms with Crippen LogP contribution in [0.15, 0.2) is 18.2 Å². The number of hydrogen-bond donors (Lipinski definition) is 0. The monoisotopic (exact) mass is 266 g/mol. The number of alkyl halides is 1. The minimum Gasteiger partial charge on any atom is -0.324 e. The molecule has 4 heteroatoms. The van der Waals surface area contributed by atoms with E-state index in [0.29, 0.717) is 6.04 Å². The van der Waals surface area contributed by atoms with Crippen LogP contribution >= 0.6 is 11.6 Å². The highest BCUT2D eigenvalue weighted by Crippen LogP contribution is 2.41. The molecule has 96 valence electrons. The molecule has 3 rings (SSSR count). The number of halogens is 2. The number of hydrogen-bond acceptors (Lipinski definition) is 1. The zero-order chi connectivity index (χ0) is 12.9. The van der Waals surface area contributed by atoms with Crippen molar-refractivity contribution in [1.29, 1.82) is 0 Å². The first-order valence-electron chi connectivity index (χ1n) is 6.37. The van der Waals surface area contributed by atoms with Crippen LogP contribution in [0.1, 0.15) is 43.9 Å². The van der Waals surface area contributed by atoms with E-state index >= 15 is 0 Å². The molecule has 1 unspecified atom stereocenters. The van der Waals surface area contributed by atoms with Gasteiger partial charge < -0.3 is 4.57 Å². The second kappa shape index (κ2) is 4.23. The molecule has 1 aliphatic rings. The Balaban J connectivity index is 2.17. The molecule has 0 N–H and O–H groups in total. The summed E-state index contributed by atoms with van der Waals surface area (Å²) in [6.07, 6.45) is 2.25.